The Kier molecular flexibility index (Phi) is 7.11. The molecule has 0 atom stereocenters. The second kappa shape index (κ2) is 10.2. The molecule has 0 radical (unpaired) electrons. The third-order valence-electron chi connectivity index (χ3n) is 5.86. The molecule has 166 valence electrons. The maximum absolute atomic E-state index is 15.1. The number of nitriles is 1. The van der Waals surface area contributed by atoms with Crippen molar-refractivity contribution >= 4 is 10.8 Å². The van der Waals surface area contributed by atoms with E-state index in [2.05, 4.69) is 0 Å². The van der Waals surface area contributed by atoms with Crippen LogP contribution in [0.5, 0.6) is 0 Å². The summed E-state index contributed by atoms with van der Waals surface area (Å²) in [5.41, 5.74) is 2.17. The Bertz CT molecular complexity index is 1130. The number of hydrogen-bond donors (Lipinski definition) is 0. The molecular weight excluding hydrogens is 412 g/mol. The lowest BCUT2D eigenvalue weighted by Crippen LogP contribution is -2.27. The summed E-state index contributed by atoms with van der Waals surface area (Å²) in [4.78, 5) is 0. The van der Waals surface area contributed by atoms with E-state index in [4.69, 9.17) is 19.5 Å². The van der Waals surface area contributed by atoms with Gasteiger partial charge in [0.05, 0.1) is 18.8 Å². The normalized spacial score (nSPS) is 18.6. The molecule has 0 saturated carbocycles. The first kappa shape index (κ1) is 22.3. The molecule has 0 amide bonds. The average molecular weight is 437 g/mol. The fourth-order valence-electron chi connectivity index (χ4n) is 3.97. The van der Waals surface area contributed by atoms with E-state index in [0.29, 0.717) is 49.5 Å². The molecule has 1 saturated heterocycles. The van der Waals surface area contributed by atoms with Gasteiger partial charge in [0, 0.05) is 30.6 Å². The van der Waals surface area contributed by atoms with E-state index < -0.39 is 12.1 Å². The number of nitrogens with zero attached hydrogens (tertiary/aromatic N) is 1. The number of rotatable bonds is 7. The van der Waals surface area contributed by atoms with Gasteiger partial charge in [-0.15, -0.1) is 0 Å². The van der Waals surface area contributed by atoms with Crippen molar-refractivity contribution < 1.29 is 23.0 Å². The molecular formula is C26H25F2NO3. The van der Waals surface area contributed by atoms with Crippen LogP contribution in [0.25, 0.3) is 10.8 Å². The van der Waals surface area contributed by atoms with Gasteiger partial charge in [-0.1, -0.05) is 30.3 Å². The first-order valence-electron chi connectivity index (χ1n) is 10.7. The topological polar surface area (TPSA) is 51.5 Å². The first-order valence-corrected chi connectivity index (χ1v) is 10.7. The molecule has 0 aliphatic carbocycles. The largest absolute Gasteiger partial charge is 0.385 e. The Hall–Kier alpha value is -2.85. The maximum atomic E-state index is 15.1. The van der Waals surface area contributed by atoms with Crippen LogP contribution in [0.4, 0.5) is 8.78 Å². The van der Waals surface area contributed by atoms with Gasteiger partial charge in [0.25, 0.3) is 0 Å². The summed E-state index contributed by atoms with van der Waals surface area (Å²) in [7, 11) is 1.68. The summed E-state index contributed by atoms with van der Waals surface area (Å²) < 4.78 is 45.8. The van der Waals surface area contributed by atoms with Gasteiger partial charge < -0.3 is 14.2 Å². The minimum Gasteiger partial charge on any atom is -0.385 e. The number of methoxy groups -OCH3 is 1. The molecule has 0 aromatic heterocycles. The van der Waals surface area contributed by atoms with Gasteiger partial charge >= 0.3 is 0 Å². The van der Waals surface area contributed by atoms with E-state index >= 15 is 4.39 Å². The van der Waals surface area contributed by atoms with Crippen LogP contribution in [0, 0.1) is 28.9 Å². The lowest BCUT2D eigenvalue weighted by atomic mass is 9.98. The maximum Gasteiger partial charge on any atom is 0.183 e. The monoisotopic (exact) mass is 437 g/mol. The summed E-state index contributed by atoms with van der Waals surface area (Å²) in [5, 5.41) is 10.2. The Morgan fingerprint density at radius 1 is 1.03 bits per heavy atom. The van der Waals surface area contributed by atoms with Crippen LogP contribution in [0.3, 0.4) is 0 Å². The Morgan fingerprint density at radius 2 is 1.84 bits per heavy atom. The zero-order chi connectivity index (χ0) is 22.5. The molecule has 0 unspecified atom stereocenters. The standard InChI is InChI=1S/C26H25F2NO3/c1-30-11-10-18-15-31-26(32-16-18)21-8-9-23-20(13-21)7-6-19(25(23)28)4-2-17-3-5-22(14-29)24(27)12-17/h3,5-9,12-13,18,26H,2,4,10-11,15-16H2,1H3. The number of hydrogen-bond acceptors (Lipinski definition) is 4. The van der Waals surface area contributed by atoms with E-state index in [1.165, 1.54) is 12.1 Å². The molecule has 6 heteroatoms. The molecule has 32 heavy (non-hydrogen) atoms. The van der Waals surface area contributed by atoms with Crippen molar-refractivity contribution in [1.29, 1.82) is 5.26 Å². The molecule has 3 aromatic rings. The Labute approximate surface area is 186 Å². The smallest absolute Gasteiger partial charge is 0.183 e. The van der Waals surface area contributed by atoms with Crippen LogP contribution < -0.4 is 0 Å². The number of halogens is 2. The molecule has 1 heterocycles. The molecule has 4 nitrogen and oxygen atoms in total. The van der Waals surface area contributed by atoms with Crippen LogP contribution in [-0.4, -0.2) is 26.9 Å². The van der Waals surface area contributed by atoms with Gasteiger partial charge in [-0.25, -0.2) is 8.78 Å². The van der Waals surface area contributed by atoms with E-state index in [1.54, 1.807) is 31.4 Å². The van der Waals surface area contributed by atoms with Crippen molar-refractivity contribution in [2.75, 3.05) is 26.9 Å². The second-order valence-electron chi connectivity index (χ2n) is 8.09. The van der Waals surface area contributed by atoms with Crippen molar-refractivity contribution in [3.8, 4) is 6.07 Å². The van der Waals surface area contributed by atoms with Gasteiger partial charge in [0.15, 0.2) is 6.29 Å². The molecule has 4 rings (SSSR count). The SMILES string of the molecule is COCCC1COC(c2ccc3c(F)c(CCc4ccc(C#N)c(F)c4)ccc3c2)OC1. The van der Waals surface area contributed by atoms with Crippen LogP contribution >= 0.6 is 0 Å². The highest BCUT2D eigenvalue weighted by Gasteiger charge is 2.24. The average Bonchev–Trinajstić information content (AvgIpc) is 2.82. The highest BCUT2D eigenvalue weighted by molar-refractivity contribution is 5.84. The van der Waals surface area contributed by atoms with Gasteiger partial charge in [0.1, 0.15) is 17.7 Å². The molecule has 0 N–H and O–H groups in total. The number of benzene rings is 3. The summed E-state index contributed by atoms with van der Waals surface area (Å²) in [5.74, 6) is -0.502. The van der Waals surface area contributed by atoms with Crippen LogP contribution in [0.15, 0.2) is 48.5 Å². The number of fused-ring (bicyclic) bond motifs is 1. The summed E-state index contributed by atoms with van der Waals surface area (Å²) in [6.45, 7) is 1.89. The number of ether oxygens (including phenoxy) is 3. The van der Waals surface area contributed by atoms with Gasteiger partial charge in [0.2, 0.25) is 0 Å². The van der Waals surface area contributed by atoms with Crippen LogP contribution in [-0.2, 0) is 27.1 Å². The third kappa shape index (κ3) is 4.97. The van der Waals surface area contributed by atoms with Gasteiger partial charge in [-0.2, -0.15) is 5.26 Å². The molecule has 1 aliphatic heterocycles. The summed E-state index contributed by atoms with van der Waals surface area (Å²) in [6.07, 6.45) is 1.36. The van der Waals surface area contributed by atoms with Crippen LogP contribution in [0.1, 0.15) is 35.0 Å². The highest BCUT2D eigenvalue weighted by Crippen LogP contribution is 2.30. The first-order chi connectivity index (χ1) is 15.6. The minimum absolute atomic E-state index is 0.0119. The lowest BCUT2D eigenvalue weighted by Gasteiger charge is -2.29. The number of aryl methyl sites for hydroxylation is 2. The molecule has 1 fully saturated rings. The second-order valence-corrected chi connectivity index (χ2v) is 8.09. The van der Waals surface area contributed by atoms with Crippen molar-refractivity contribution in [2.24, 2.45) is 5.92 Å². The quantitative estimate of drug-likeness (QED) is 0.492. The summed E-state index contributed by atoms with van der Waals surface area (Å²) >= 11 is 0. The minimum atomic E-state index is -0.548. The Balaban J connectivity index is 1.44. The third-order valence-corrected chi connectivity index (χ3v) is 5.86. The molecule has 0 spiro atoms. The van der Waals surface area contributed by atoms with E-state index in [0.717, 1.165) is 22.9 Å². The van der Waals surface area contributed by atoms with Crippen molar-refractivity contribution in [3.05, 3.63) is 82.4 Å². The predicted molar refractivity (Wildman–Crippen MR) is 117 cm³/mol. The van der Waals surface area contributed by atoms with E-state index in [9.17, 15) is 4.39 Å². The summed E-state index contributed by atoms with van der Waals surface area (Å²) in [6, 6.07) is 15.5. The molecule has 3 aromatic carbocycles. The van der Waals surface area contributed by atoms with E-state index in [-0.39, 0.29) is 11.4 Å². The van der Waals surface area contributed by atoms with Crippen molar-refractivity contribution in [3.63, 3.8) is 0 Å². The van der Waals surface area contributed by atoms with Gasteiger partial charge in [-0.05, 0) is 54.0 Å². The molecule has 1 aliphatic rings. The lowest BCUT2D eigenvalue weighted by molar-refractivity contribution is -0.207. The highest BCUT2D eigenvalue weighted by atomic mass is 19.1. The zero-order valence-corrected chi connectivity index (χ0v) is 17.9. The van der Waals surface area contributed by atoms with Crippen molar-refractivity contribution in [2.45, 2.75) is 25.6 Å². The van der Waals surface area contributed by atoms with E-state index in [1.807, 2.05) is 18.2 Å². The predicted octanol–water partition coefficient (Wildman–Crippen LogP) is 5.47. The van der Waals surface area contributed by atoms with Gasteiger partial charge in [-0.3, -0.25) is 0 Å². The molecule has 0 bridgehead atoms. The Morgan fingerprint density at radius 3 is 2.56 bits per heavy atom. The fraction of sp³-hybridized carbons (Fsp3) is 0.346. The van der Waals surface area contributed by atoms with Crippen molar-refractivity contribution in [1.82, 2.24) is 0 Å². The van der Waals surface area contributed by atoms with Crippen LogP contribution in [0.2, 0.25) is 0 Å². The zero-order valence-electron chi connectivity index (χ0n) is 17.9. The fourth-order valence-corrected chi connectivity index (χ4v) is 3.97.